The first-order valence-electron chi connectivity index (χ1n) is 12.7. The van der Waals surface area contributed by atoms with Crippen LogP contribution in [0.2, 0.25) is 0 Å². The molecule has 0 radical (unpaired) electrons. The average Bonchev–Trinajstić information content (AvgIpc) is 3.36. The van der Waals surface area contributed by atoms with Crippen LogP contribution in [0.5, 0.6) is 0 Å². The highest BCUT2D eigenvalue weighted by molar-refractivity contribution is 7.17. The zero-order valence-electron chi connectivity index (χ0n) is 20.2. The van der Waals surface area contributed by atoms with E-state index in [1.165, 1.54) is 65.2 Å². The van der Waals surface area contributed by atoms with Crippen LogP contribution in [0.15, 0.2) is 90.3 Å². The molecule has 0 saturated heterocycles. The van der Waals surface area contributed by atoms with Gasteiger partial charge in [-0.1, -0.05) is 85.3 Å². The van der Waals surface area contributed by atoms with E-state index in [0.717, 1.165) is 6.42 Å². The summed E-state index contributed by atoms with van der Waals surface area (Å²) in [7, 11) is 0. The summed E-state index contributed by atoms with van der Waals surface area (Å²) >= 11 is 1.83. The Bertz CT molecular complexity index is 1820. The summed E-state index contributed by atoms with van der Waals surface area (Å²) in [4.78, 5) is 0. The molecule has 0 amide bonds. The van der Waals surface area contributed by atoms with E-state index in [1.807, 2.05) is 11.3 Å². The van der Waals surface area contributed by atoms with Gasteiger partial charge in [0.2, 0.25) is 0 Å². The van der Waals surface area contributed by atoms with E-state index >= 15 is 0 Å². The lowest BCUT2D eigenvalue weighted by molar-refractivity contribution is 0.637. The molecule has 1 heteroatoms. The summed E-state index contributed by atoms with van der Waals surface area (Å²) in [6.45, 7) is 4.58. The maximum absolute atomic E-state index is 2.51. The fraction of sp³-hybridized carbons (Fsp3) is 0.176. The first kappa shape index (κ1) is 20.9. The van der Waals surface area contributed by atoms with Crippen molar-refractivity contribution in [1.29, 1.82) is 0 Å². The molecule has 0 bridgehead atoms. The van der Waals surface area contributed by atoms with Gasteiger partial charge in [0.1, 0.15) is 0 Å². The van der Waals surface area contributed by atoms with Crippen LogP contribution >= 0.6 is 11.3 Å². The minimum Gasteiger partial charge on any atom is -0.144 e. The molecule has 35 heavy (non-hydrogen) atoms. The van der Waals surface area contributed by atoms with Crippen molar-refractivity contribution < 1.29 is 0 Å². The molecule has 1 aromatic heterocycles. The predicted molar refractivity (Wildman–Crippen MR) is 149 cm³/mol. The number of hydrogen-bond donors (Lipinski definition) is 0. The zero-order valence-corrected chi connectivity index (χ0v) is 21.0. The van der Waals surface area contributed by atoms with Crippen LogP contribution in [-0.4, -0.2) is 0 Å². The summed E-state index contributed by atoms with van der Waals surface area (Å²) < 4.78 is 1.36. The molecule has 7 rings (SSSR count). The molecule has 0 aliphatic heterocycles. The van der Waals surface area contributed by atoms with Gasteiger partial charge in [0.25, 0.3) is 0 Å². The van der Waals surface area contributed by atoms with Gasteiger partial charge in [-0.05, 0) is 103 Å². The van der Waals surface area contributed by atoms with Crippen LogP contribution in [-0.2, 0) is 6.42 Å². The van der Waals surface area contributed by atoms with Gasteiger partial charge >= 0.3 is 0 Å². The van der Waals surface area contributed by atoms with E-state index in [0.29, 0.717) is 5.92 Å². The van der Waals surface area contributed by atoms with Crippen LogP contribution < -0.4 is 10.4 Å². The average molecular weight is 469 g/mol. The summed E-state index contributed by atoms with van der Waals surface area (Å²) in [5, 5.41) is 9.15. The first-order chi connectivity index (χ1) is 17.2. The molecular formula is C34H28S. The molecule has 5 aromatic rings. The molecule has 0 N–H and O–H groups in total. The highest BCUT2D eigenvalue weighted by Gasteiger charge is 2.26. The minimum absolute atomic E-state index is 0.270. The van der Waals surface area contributed by atoms with E-state index in [4.69, 9.17) is 0 Å². The van der Waals surface area contributed by atoms with Crippen molar-refractivity contribution in [3.05, 3.63) is 139 Å². The fourth-order valence-corrected chi connectivity index (χ4v) is 7.08. The van der Waals surface area contributed by atoms with Gasteiger partial charge in [-0.3, -0.25) is 0 Å². The number of aryl methyl sites for hydroxylation is 1. The van der Waals surface area contributed by atoms with E-state index in [9.17, 15) is 0 Å². The number of hydrogen-bond acceptors (Lipinski definition) is 1. The maximum Gasteiger partial charge on any atom is 0.0342 e. The lowest BCUT2D eigenvalue weighted by Crippen LogP contribution is -2.28. The smallest absolute Gasteiger partial charge is 0.0342 e. The summed E-state index contributed by atoms with van der Waals surface area (Å²) in [6, 6.07) is 32.2. The SMILES string of the molecule is Cc1ccc(C2=c3ccc4c(c3CCC2C)C(c2ccc3sccc3c2)C=c2ccccc2=4)cc1. The second-order valence-corrected chi connectivity index (χ2v) is 11.2. The first-order valence-corrected chi connectivity index (χ1v) is 13.6. The molecule has 4 aromatic carbocycles. The third-order valence-electron chi connectivity index (χ3n) is 8.07. The van der Waals surface area contributed by atoms with Crippen LogP contribution in [0.3, 0.4) is 0 Å². The second-order valence-electron chi connectivity index (χ2n) is 10.2. The molecule has 2 aliphatic carbocycles. The molecule has 0 spiro atoms. The zero-order chi connectivity index (χ0) is 23.5. The largest absolute Gasteiger partial charge is 0.144 e. The maximum atomic E-state index is 2.51. The molecule has 0 saturated carbocycles. The number of rotatable bonds is 2. The van der Waals surface area contributed by atoms with Gasteiger partial charge in [-0.15, -0.1) is 11.3 Å². The number of fused-ring (bicyclic) bond motifs is 5. The standard InChI is InChI=1S/C34H28S/c1-21-7-10-23(11-8-21)33-22(2)9-13-30-29(33)15-14-28-27-6-4-3-5-24(27)20-31(34(28)30)25-12-16-32-26(19-25)17-18-35-32/h3-8,10-12,14-20,22,31H,9,13H2,1-2H3. The Morgan fingerprint density at radius 3 is 2.51 bits per heavy atom. The van der Waals surface area contributed by atoms with Crippen LogP contribution in [0, 0.1) is 23.3 Å². The lowest BCUT2D eigenvalue weighted by atomic mass is 9.75. The van der Waals surface area contributed by atoms with E-state index in [2.05, 4.69) is 110 Å². The Kier molecular flexibility index (Phi) is 4.82. The highest BCUT2D eigenvalue weighted by Crippen LogP contribution is 2.37. The van der Waals surface area contributed by atoms with Crippen LogP contribution in [0.1, 0.15) is 47.1 Å². The predicted octanol–water partition coefficient (Wildman–Crippen LogP) is 7.20. The summed E-state index contributed by atoms with van der Waals surface area (Å²) in [5.41, 5.74) is 8.68. The second kappa shape index (κ2) is 8.07. The topological polar surface area (TPSA) is 0 Å². The molecule has 1 heterocycles. The van der Waals surface area contributed by atoms with Gasteiger partial charge in [0, 0.05) is 10.6 Å². The molecular weight excluding hydrogens is 440 g/mol. The van der Waals surface area contributed by atoms with Gasteiger partial charge in [0.15, 0.2) is 0 Å². The lowest BCUT2D eigenvalue weighted by Gasteiger charge is -2.29. The normalized spacial score (nSPS) is 18.5. The van der Waals surface area contributed by atoms with Crippen molar-refractivity contribution in [2.45, 2.75) is 32.6 Å². The molecule has 2 atom stereocenters. The molecule has 0 nitrogen and oxygen atoms in total. The molecule has 2 aliphatic rings. The van der Waals surface area contributed by atoms with Crippen molar-refractivity contribution in [2.24, 2.45) is 5.92 Å². The van der Waals surface area contributed by atoms with E-state index in [1.54, 1.807) is 5.56 Å². The van der Waals surface area contributed by atoms with Gasteiger partial charge in [0.05, 0.1) is 0 Å². The third kappa shape index (κ3) is 3.33. The van der Waals surface area contributed by atoms with Crippen LogP contribution in [0.4, 0.5) is 0 Å². The number of benzene rings is 4. The van der Waals surface area contributed by atoms with Crippen molar-refractivity contribution in [1.82, 2.24) is 0 Å². The Morgan fingerprint density at radius 2 is 1.63 bits per heavy atom. The van der Waals surface area contributed by atoms with E-state index in [-0.39, 0.29) is 5.92 Å². The summed E-state index contributed by atoms with van der Waals surface area (Å²) in [5.74, 6) is 0.829. The molecule has 0 fully saturated rings. The minimum atomic E-state index is 0.270. The van der Waals surface area contributed by atoms with E-state index < -0.39 is 0 Å². The Hall–Kier alpha value is -3.42. The number of thiophene rings is 1. The Labute approximate surface area is 210 Å². The van der Waals surface area contributed by atoms with Gasteiger partial charge in [-0.2, -0.15) is 0 Å². The highest BCUT2D eigenvalue weighted by atomic mass is 32.1. The van der Waals surface area contributed by atoms with Crippen molar-refractivity contribution in [3.8, 4) is 0 Å². The van der Waals surface area contributed by atoms with Crippen molar-refractivity contribution in [2.75, 3.05) is 0 Å². The fourth-order valence-electron chi connectivity index (χ4n) is 6.31. The Morgan fingerprint density at radius 1 is 0.800 bits per heavy atom. The van der Waals surface area contributed by atoms with Crippen LogP contribution in [0.25, 0.3) is 21.7 Å². The third-order valence-corrected chi connectivity index (χ3v) is 8.97. The van der Waals surface area contributed by atoms with Crippen molar-refractivity contribution in [3.63, 3.8) is 0 Å². The molecule has 170 valence electrons. The van der Waals surface area contributed by atoms with Gasteiger partial charge < -0.3 is 0 Å². The summed E-state index contributed by atoms with van der Waals surface area (Å²) in [6.07, 6.45) is 4.85. The van der Waals surface area contributed by atoms with Crippen molar-refractivity contribution >= 4 is 33.1 Å². The van der Waals surface area contributed by atoms with Gasteiger partial charge in [-0.25, -0.2) is 0 Å². The monoisotopic (exact) mass is 468 g/mol. The molecule has 2 unspecified atom stereocenters. The Balaban J connectivity index is 1.59. The quantitative estimate of drug-likeness (QED) is 0.257.